The van der Waals surface area contributed by atoms with E-state index >= 15 is 0 Å². The molecule has 2 aromatic carbocycles. The van der Waals surface area contributed by atoms with Gasteiger partial charge >= 0.3 is 0 Å². The number of benzene rings is 2. The molecule has 0 saturated heterocycles. The second-order valence-corrected chi connectivity index (χ2v) is 11.4. The van der Waals surface area contributed by atoms with E-state index in [1.165, 1.54) is 6.20 Å². The van der Waals surface area contributed by atoms with Crippen LogP contribution >= 0.6 is 0 Å². The van der Waals surface area contributed by atoms with Crippen molar-refractivity contribution < 1.29 is 22.8 Å². The van der Waals surface area contributed by atoms with Gasteiger partial charge < -0.3 is 25.4 Å². The fourth-order valence-corrected chi connectivity index (χ4v) is 4.73. The van der Waals surface area contributed by atoms with Crippen LogP contribution in [0.15, 0.2) is 70.2 Å². The Kier molecular flexibility index (Phi) is 8.85. The first kappa shape index (κ1) is 27.4. The second kappa shape index (κ2) is 12.3. The molecule has 200 valence electrons. The van der Waals surface area contributed by atoms with Gasteiger partial charge in [0.1, 0.15) is 5.69 Å². The maximum Gasteiger partial charge on any atom is 0.189 e. The zero-order valence-electron chi connectivity index (χ0n) is 21.3. The van der Waals surface area contributed by atoms with Crippen LogP contribution in [0.2, 0.25) is 0 Å². The maximum absolute atomic E-state index is 12.4. The van der Waals surface area contributed by atoms with Crippen LogP contribution in [0.1, 0.15) is 19.4 Å². The summed E-state index contributed by atoms with van der Waals surface area (Å²) in [6, 6.07) is 16.2. The van der Waals surface area contributed by atoms with Crippen LogP contribution < -0.4 is 11.1 Å². The van der Waals surface area contributed by atoms with Gasteiger partial charge in [0.25, 0.3) is 0 Å². The third kappa shape index (κ3) is 6.43. The molecule has 10 nitrogen and oxygen atoms in total. The van der Waals surface area contributed by atoms with Gasteiger partial charge in [-0.25, -0.2) is 18.4 Å². The molecular weight excluding hydrogens is 506 g/mol. The standard InChI is InChI=1S/C27H31N5O5S/c1-18(2)38(34,35)22-9-7-21(8-10-22)24-17-30-27(28)26(31-24)25-15-23(32-37-25)20-5-3-19(4-6-20)16-29-11-13-36-14-12-33/h3-10,15,17-18,29,33H,11-14,16H2,1-2H3,(H2,28,30). The van der Waals surface area contributed by atoms with Gasteiger partial charge in [0.05, 0.1) is 41.9 Å². The minimum absolute atomic E-state index is 0.0242. The Balaban J connectivity index is 1.47. The number of nitrogen functional groups attached to an aromatic ring is 1. The molecule has 0 aliphatic rings. The highest BCUT2D eigenvalue weighted by Gasteiger charge is 2.20. The lowest BCUT2D eigenvalue weighted by Crippen LogP contribution is -2.19. The van der Waals surface area contributed by atoms with Gasteiger partial charge in [0.15, 0.2) is 27.1 Å². The first-order chi connectivity index (χ1) is 18.3. The van der Waals surface area contributed by atoms with Crippen LogP contribution in [0, 0.1) is 0 Å². The molecule has 4 aromatic rings. The van der Waals surface area contributed by atoms with Gasteiger partial charge in [-0.1, -0.05) is 41.6 Å². The van der Waals surface area contributed by atoms with Crippen LogP contribution in [-0.4, -0.2) is 60.3 Å². The number of hydrogen-bond acceptors (Lipinski definition) is 10. The molecular formula is C27H31N5O5S. The molecule has 38 heavy (non-hydrogen) atoms. The second-order valence-electron chi connectivity index (χ2n) is 8.89. The van der Waals surface area contributed by atoms with E-state index in [1.54, 1.807) is 44.2 Å². The largest absolute Gasteiger partial charge is 0.394 e. The molecule has 0 bridgehead atoms. The van der Waals surface area contributed by atoms with Crippen molar-refractivity contribution in [1.82, 2.24) is 20.4 Å². The van der Waals surface area contributed by atoms with Gasteiger partial charge in [0.2, 0.25) is 0 Å². The summed E-state index contributed by atoms with van der Waals surface area (Å²) in [7, 11) is -3.36. The van der Waals surface area contributed by atoms with Crippen LogP contribution in [-0.2, 0) is 21.1 Å². The Morgan fingerprint density at radius 3 is 2.39 bits per heavy atom. The molecule has 2 heterocycles. The molecule has 0 aliphatic heterocycles. The Hall–Kier alpha value is -3.64. The molecule has 4 rings (SSSR count). The van der Waals surface area contributed by atoms with E-state index in [2.05, 4.69) is 20.4 Å². The van der Waals surface area contributed by atoms with Crippen molar-refractivity contribution in [1.29, 1.82) is 0 Å². The number of aromatic nitrogens is 3. The lowest BCUT2D eigenvalue weighted by atomic mass is 10.1. The summed E-state index contributed by atoms with van der Waals surface area (Å²) in [6.07, 6.45) is 1.54. The average molecular weight is 538 g/mol. The fourth-order valence-electron chi connectivity index (χ4n) is 3.67. The molecule has 11 heteroatoms. The van der Waals surface area contributed by atoms with Gasteiger partial charge in [0, 0.05) is 30.3 Å². The number of hydrogen-bond donors (Lipinski definition) is 3. The normalized spacial score (nSPS) is 11.8. The molecule has 0 saturated carbocycles. The predicted molar refractivity (Wildman–Crippen MR) is 145 cm³/mol. The molecule has 0 fully saturated rings. The lowest BCUT2D eigenvalue weighted by molar-refractivity contribution is 0.0938. The van der Waals surface area contributed by atoms with Crippen molar-refractivity contribution in [2.45, 2.75) is 30.5 Å². The number of ether oxygens (including phenoxy) is 1. The molecule has 0 amide bonds. The highest BCUT2D eigenvalue weighted by molar-refractivity contribution is 7.92. The molecule has 0 spiro atoms. The van der Waals surface area contributed by atoms with Crippen molar-refractivity contribution in [2.24, 2.45) is 0 Å². The third-order valence-electron chi connectivity index (χ3n) is 5.88. The number of rotatable bonds is 12. The monoisotopic (exact) mass is 537 g/mol. The molecule has 2 aromatic heterocycles. The van der Waals surface area contributed by atoms with E-state index in [4.69, 9.17) is 20.1 Å². The van der Waals surface area contributed by atoms with E-state index in [1.807, 2.05) is 24.3 Å². The smallest absolute Gasteiger partial charge is 0.189 e. The minimum atomic E-state index is -3.36. The summed E-state index contributed by atoms with van der Waals surface area (Å²) >= 11 is 0. The van der Waals surface area contributed by atoms with Gasteiger partial charge in [-0.2, -0.15) is 0 Å². The summed E-state index contributed by atoms with van der Waals surface area (Å²) in [6.45, 7) is 5.59. The van der Waals surface area contributed by atoms with Gasteiger partial charge in [-0.3, -0.25) is 0 Å². The number of anilines is 1. The quantitative estimate of drug-likeness (QED) is 0.229. The Morgan fingerprint density at radius 1 is 1.03 bits per heavy atom. The predicted octanol–water partition coefficient (Wildman–Crippen LogP) is 3.33. The van der Waals surface area contributed by atoms with Crippen LogP contribution in [0.5, 0.6) is 0 Å². The van der Waals surface area contributed by atoms with Crippen LogP contribution in [0.25, 0.3) is 34.0 Å². The summed E-state index contributed by atoms with van der Waals surface area (Å²) in [5.74, 6) is 0.569. The molecule has 0 atom stereocenters. The number of sulfone groups is 1. The summed E-state index contributed by atoms with van der Waals surface area (Å²) < 4.78 is 35.6. The molecule has 0 radical (unpaired) electrons. The number of aliphatic hydroxyl groups is 1. The summed E-state index contributed by atoms with van der Waals surface area (Å²) in [5.41, 5.74) is 10.3. The minimum Gasteiger partial charge on any atom is -0.394 e. The Labute approximate surface area is 221 Å². The first-order valence-corrected chi connectivity index (χ1v) is 13.8. The SMILES string of the molecule is CC(C)S(=O)(=O)c1ccc(-c2cnc(N)c(-c3cc(-c4ccc(CNCCOCCO)cc4)no3)n2)cc1. The number of nitrogens with zero attached hydrogens (tertiary/aromatic N) is 3. The fraction of sp³-hybridized carbons (Fsp3) is 0.296. The van der Waals surface area contributed by atoms with E-state index < -0.39 is 15.1 Å². The van der Waals surface area contributed by atoms with Crippen molar-refractivity contribution in [3.8, 4) is 34.0 Å². The van der Waals surface area contributed by atoms with E-state index in [0.717, 1.165) is 11.1 Å². The highest BCUT2D eigenvalue weighted by atomic mass is 32.2. The Bertz CT molecular complexity index is 1450. The maximum atomic E-state index is 12.4. The van der Waals surface area contributed by atoms with Gasteiger partial charge in [-0.05, 0) is 31.5 Å². The number of nitrogens with one attached hydrogen (secondary N) is 1. The van der Waals surface area contributed by atoms with E-state index in [0.29, 0.717) is 54.7 Å². The highest BCUT2D eigenvalue weighted by Crippen LogP contribution is 2.30. The Morgan fingerprint density at radius 2 is 1.71 bits per heavy atom. The average Bonchev–Trinajstić information content (AvgIpc) is 3.41. The summed E-state index contributed by atoms with van der Waals surface area (Å²) in [5, 5.41) is 15.7. The summed E-state index contributed by atoms with van der Waals surface area (Å²) in [4.78, 5) is 9.13. The zero-order chi connectivity index (χ0) is 27.1. The van der Waals surface area contributed by atoms with Gasteiger partial charge in [-0.15, -0.1) is 0 Å². The van der Waals surface area contributed by atoms with E-state index in [9.17, 15) is 8.42 Å². The van der Waals surface area contributed by atoms with Crippen molar-refractivity contribution in [3.63, 3.8) is 0 Å². The number of nitrogens with two attached hydrogens (primary N) is 1. The molecule has 0 unspecified atom stereocenters. The van der Waals surface area contributed by atoms with Crippen molar-refractivity contribution >= 4 is 15.7 Å². The van der Waals surface area contributed by atoms with Crippen LogP contribution in [0.4, 0.5) is 5.82 Å². The first-order valence-electron chi connectivity index (χ1n) is 12.2. The molecule has 0 aliphatic carbocycles. The number of aliphatic hydroxyl groups excluding tert-OH is 1. The topological polar surface area (TPSA) is 153 Å². The third-order valence-corrected chi connectivity index (χ3v) is 8.05. The van der Waals surface area contributed by atoms with Crippen LogP contribution in [0.3, 0.4) is 0 Å². The molecule has 4 N–H and O–H groups in total. The van der Waals surface area contributed by atoms with E-state index in [-0.39, 0.29) is 17.3 Å². The van der Waals surface area contributed by atoms with Crippen molar-refractivity contribution in [3.05, 3.63) is 66.4 Å². The lowest BCUT2D eigenvalue weighted by Gasteiger charge is -2.09. The van der Waals surface area contributed by atoms with Crippen molar-refractivity contribution in [2.75, 3.05) is 32.1 Å². The zero-order valence-corrected chi connectivity index (χ0v) is 22.1.